The van der Waals surface area contributed by atoms with Gasteiger partial charge in [0.2, 0.25) is 10.0 Å². The van der Waals surface area contributed by atoms with Crippen molar-refractivity contribution in [1.82, 2.24) is 9.03 Å². The maximum atomic E-state index is 11.8. The first-order valence-electron chi connectivity index (χ1n) is 7.31. The van der Waals surface area contributed by atoms with Crippen molar-refractivity contribution in [1.29, 1.82) is 0 Å². The van der Waals surface area contributed by atoms with Gasteiger partial charge in [-0.25, -0.2) is 13.1 Å². The Kier molecular flexibility index (Phi) is 5.50. The second kappa shape index (κ2) is 7.04. The molecule has 1 aromatic rings. The molecule has 1 aliphatic heterocycles. The smallest absolute Gasteiger partial charge is 0.298 e. The Balaban J connectivity index is 1.99. The molecule has 0 aromatic heterocycles. The van der Waals surface area contributed by atoms with E-state index < -0.39 is 20.2 Å². The van der Waals surface area contributed by atoms with Gasteiger partial charge in [-0.1, -0.05) is 0 Å². The number of benzene rings is 1. The van der Waals surface area contributed by atoms with Gasteiger partial charge in [-0.2, -0.15) is 12.7 Å². The fourth-order valence-electron chi connectivity index (χ4n) is 2.35. The summed E-state index contributed by atoms with van der Waals surface area (Å²) in [6.07, 6.45) is 0. The van der Waals surface area contributed by atoms with Crippen LogP contribution in [0.4, 0.5) is 11.4 Å². The van der Waals surface area contributed by atoms with Crippen molar-refractivity contribution in [2.45, 2.75) is 6.92 Å². The number of rotatable bonds is 6. The Hall–Kier alpha value is -1.36. The zero-order valence-electron chi connectivity index (χ0n) is 13.2. The SMILES string of the molecule is CCS(=O)(=O)N1CCN(c2ccc(NS(=O)(=O)NC)cc2)CC1. The van der Waals surface area contributed by atoms with Gasteiger partial charge in [0.25, 0.3) is 10.2 Å². The lowest BCUT2D eigenvalue weighted by molar-refractivity contribution is 0.385. The Morgan fingerprint density at radius 3 is 2.04 bits per heavy atom. The van der Waals surface area contributed by atoms with Crippen LogP contribution in [0.3, 0.4) is 0 Å². The van der Waals surface area contributed by atoms with Crippen LogP contribution in [-0.4, -0.2) is 60.1 Å². The molecule has 0 spiro atoms. The first kappa shape index (κ1) is 18.0. The van der Waals surface area contributed by atoms with Gasteiger partial charge in [0.15, 0.2) is 0 Å². The van der Waals surface area contributed by atoms with Crippen molar-refractivity contribution < 1.29 is 16.8 Å². The van der Waals surface area contributed by atoms with Gasteiger partial charge >= 0.3 is 0 Å². The van der Waals surface area contributed by atoms with E-state index in [4.69, 9.17) is 0 Å². The van der Waals surface area contributed by atoms with Gasteiger partial charge in [0.05, 0.1) is 5.75 Å². The fourth-order valence-corrected chi connectivity index (χ4v) is 3.99. The van der Waals surface area contributed by atoms with Crippen LogP contribution in [0.5, 0.6) is 0 Å². The van der Waals surface area contributed by atoms with E-state index in [1.807, 2.05) is 12.1 Å². The van der Waals surface area contributed by atoms with Crippen LogP contribution in [-0.2, 0) is 20.2 Å². The Morgan fingerprint density at radius 1 is 1.00 bits per heavy atom. The van der Waals surface area contributed by atoms with Crippen LogP contribution < -0.4 is 14.3 Å². The van der Waals surface area contributed by atoms with Gasteiger partial charge in [0.1, 0.15) is 0 Å². The predicted octanol–water partition coefficient (Wildman–Crippen LogP) is 0.0344. The fraction of sp³-hybridized carbons (Fsp3) is 0.538. The largest absolute Gasteiger partial charge is 0.369 e. The number of hydrogen-bond donors (Lipinski definition) is 2. The maximum Gasteiger partial charge on any atom is 0.298 e. The number of nitrogens with zero attached hydrogens (tertiary/aromatic N) is 2. The monoisotopic (exact) mass is 362 g/mol. The number of hydrogen-bond acceptors (Lipinski definition) is 5. The number of piperazine rings is 1. The van der Waals surface area contributed by atoms with E-state index >= 15 is 0 Å². The minimum atomic E-state index is -3.52. The standard InChI is InChI=1S/C13H22N4O4S2/c1-3-22(18,19)17-10-8-16(9-11-17)13-6-4-12(5-7-13)15-23(20,21)14-2/h4-7,14-15H,3,8-11H2,1-2H3. The Labute approximate surface area is 137 Å². The van der Waals surface area contributed by atoms with Crippen molar-refractivity contribution in [3.63, 3.8) is 0 Å². The van der Waals surface area contributed by atoms with Gasteiger partial charge in [-0.15, -0.1) is 0 Å². The molecule has 1 heterocycles. The molecule has 1 saturated heterocycles. The van der Waals surface area contributed by atoms with Crippen LogP contribution in [0.2, 0.25) is 0 Å². The third-order valence-electron chi connectivity index (χ3n) is 3.75. The highest BCUT2D eigenvalue weighted by Crippen LogP contribution is 2.20. The molecular weight excluding hydrogens is 340 g/mol. The van der Waals surface area contributed by atoms with Crippen LogP contribution >= 0.6 is 0 Å². The molecule has 10 heteroatoms. The summed E-state index contributed by atoms with van der Waals surface area (Å²) in [6, 6.07) is 6.99. The first-order chi connectivity index (χ1) is 10.8. The molecule has 2 N–H and O–H groups in total. The minimum absolute atomic E-state index is 0.118. The molecule has 2 rings (SSSR count). The summed E-state index contributed by atoms with van der Waals surface area (Å²) in [5.74, 6) is 0.118. The molecule has 1 aliphatic rings. The van der Waals surface area contributed by atoms with Crippen molar-refractivity contribution in [2.24, 2.45) is 0 Å². The van der Waals surface area contributed by atoms with Crippen molar-refractivity contribution in [3.05, 3.63) is 24.3 Å². The quantitative estimate of drug-likeness (QED) is 0.744. The lowest BCUT2D eigenvalue weighted by Crippen LogP contribution is -2.49. The van der Waals surface area contributed by atoms with E-state index in [-0.39, 0.29) is 5.75 Å². The third-order valence-corrected chi connectivity index (χ3v) is 6.67. The highest BCUT2D eigenvalue weighted by atomic mass is 32.2. The number of anilines is 2. The molecule has 1 fully saturated rings. The molecule has 0 amide bonds. The molecule has 1 aromatic carbocycles. The molecular formula is C13H22N4O4S2. The molecule has 0 bridgehead atoms. The highest BCUT2D eigenvalue weighted by Gasteiger charge is 2.25. The van der Waals surface area contributed by atoms with E-state index in [0.717, 1.165) is 5.69 Å². The molecule has 8 nitrogen and oxygen atoms in total. The zero-order chi connectivity index (χ0) is 17.1. The molecule has 0 saturated carbocycles. The van der Waals surface area contributed by atoms with Crippen LogP contribution in [0.1, 0.15) is 6.92 Å². The molecule has 0 atom stereocenters. The summed E-state index contributed by atoms with van der Waals surface area (Å²) in [5.41, 5.74) is 1.40. The van der Waals surface area contributed by atoms with Gasteiger partial charge < -0.3 is 4.90 Å². The third kappa shape index (κ3) is 4.56. The van der Waals surface area contributed by atoms with Crippen LogP contribution in [0.25, 0.3) is 0 Å². The van der Waals surface area contributed by atoms with Crippen LogP contribution in [0.15, 0.2) is 24.3 Å². The lowest BCUT2D eigenvalue weighted by atomic mass is 10.2. The normalized spacial score (nSPS) is 17.2. The average Bonchev–Trinajstić information content (AvgIpc) is 2.55. The second-order valence-electron chi connectivity index (χ2n) is 5.14. The predicted molar refractivity (Wildman–Crippen MR) is 91.3 cm³/mol. The van der Waals surface area contributed by atoms with Gasteiger partial charge in [0, 0.05) is 44.6 Å². The van der Waals surface area contributed by atoms with E-state index in [0.29, 0.717) is 31.9 Å². The molecule has 0 unspecified atom stereocenters. The molecule has 0 radical (unpaired) electrons. The van der Waals surface area contributed by atoms with Crippen LogP contribution in [0, 0.1) is 0 Å². The highest BCUT2D eigenvalue weighted by molar-refractivity contribution is 7.90. The Morgan fingerprint density at radius 2 is 1.57 bits per heavy atom. The first-order valence-corrected chi connectivity index (χ1v) is 10.4. The second-order valence-corrected chi connectivity index (χ2v) is 9.02. The van der Waals surface area contributed by atoms with E-state index in [9.17, 15) is 16.8 Å². The lowest BCUT2D eigenvalue weighted by Gasteiger charge is -2.35. The maximum absolute atomic E-state index is 11.8. The summed E-state index contributed by atoms with van der Waals surface area (Å²) in [5, 5.41) is 0. The number of sulfonamides is 1. The zero-order valence-corrected chi connectivity index (χ0v) is 14.8. The van der Waals surface area contributed by atoms with Gasteiger partial charge in [-0.3, -0.25) is 4.72 Å². The summed E-state index contributed by atoms with van der Waals surface area (Å²) < 4.78 is 52.6. The van der Waals surface area contributed by atoms with E-state index in [2.05, 4.69) is 14.3 Å². The molecule has 0 aliphatic carbocycles. The number of nitrogens with one attached hydrogen (secondary N) is 2. The van der Waals surface area contributed by atoms with E-state index in [1.54, 1.807) is 19.1 Å². The van der Waals surface area contributed by atoms with Gasteiger partial charge in [-0.05, 0) is 31.2 Å². The average molecular weight is 362 g/mol. The van der Waals surface area contributed by atoms with Crippen molar-refractivity contribution in [3.8, 4) is 0 Å². The Bertz CT molecular complexity index is 724. The van der Waals surface area contributed by atoms with E-state index in [1.165, 1.54) is 11.4 Å². The summed E-state index contributed by atoms with van der Waals surface area (Å²) in [7, 11) is -5.32. The summed E-state index contributed by atoms with van der Waals surface area (Å²) >= 11 is 0. The minimum Gasteiger partial charge on any atom is -0.369 e. The van der Waals surface area contributed by atoms with Crippen molar-refractivity contribution >= 4 is 31.6 Å². The topological polar surface area (TPSA) is 98.8 Å². The summed E-state index contributed by atoms with van der Waals surface area (Å²) in [6.45, 7) is 3.79. The molecule has 130 valence electrons. The molecule has 23 heavy (non-hydrogen) atoms. The summed E-state index contributed by atoms with van der Waals surface area (Å²) in [4.78, 5) is 2.08. The van der Waals surface area contributed by atoms with Crippen molar-refractivity contribution in [2.75, 3.05) is 48.6 Å².